The van der Waals surface area contributed by atoms with Gasteiger partial charge in [-0.1, -0.05) is 0 Å². The van der Waals surface area contributed by atoms with Crippen LogP contribution in [0.25, 0.3) is 0 Å². The molecule has 1 aromatic carbocycles. The topological polar surface area (TPSA) is 35.1 Å². The maximum absolute atomic E-state index is 13.5. The molecule has 102 valence electrons. The molecule has 18 heavy (non-hydrogen) atoms. The van der Waals surface area contributed by atoms with Gasteiger partial charge >= 0.3 is 0 Å². The Kier molecular flexibility index (Phi) is 4.69. The molecule has 0 radical (unpaired) electrons. The first kappa shape index (κ1) is 15.3. The van der Waals surface area contributed by atoms with Crippen molar-refractivity contribution in [1.29, 1.82) is 0 Å². The number of nitrogens with one attached hydrogen (secondary N) is 1. The van der Waals surface area contributed by atoms with Crippen molar-refractivity contribution >= 4 is 11.4 Å². The van der Waals surface area contributed by atoms with Crippen LogP contribution in [0.2, 0.25) is 0 Å². The van der Waals surface area contributed by atoms with Gasteiger partial charge in [-0.15, -0.1) is 4.72 Å². The normalized spacial score (nSPS) is 15.6. The Morgan fingerprint density at radius 3 is 2.00 bits per heavy atom. The van der Waals surface area contributed by atoms with E-state index in [0.29, 0.717) is 12.1 Å². The number of rotatable bonds is 3. The van der Waals surface area contributed by atoms with Crippen LogP contribution in [-0.4, -0.2) is 9.30 Å². The van der Waals surface area contributed by atoms with Crippen LogP contribution >= 0.6 is 0 Å². The molecule has 2 nitrogen and oxygen atoms in total. The Morgan fingerprint density at radius 2 is 1.61 bits per heavy atom. The van der Waals surface area contributed by atoms with Crippen LogP contribution in [0.3, 0.4) is 0 Å². The lowest BCUT2D eigenvalue weighted by Crippen LogP contribution is -2.40. The summed E-state index contributed by atoms with van der Waals surface area (Å²) in [4.78, 5) is 0. The lowest BCUT2D eigenvalue weighted by Gasteiger charge is -2.26. The molecule has 0 bridgehead atoms. The highest BCUT2D eigenvalue weighted by atomic mass is 32.2. The number of halogens is 3. The fourth-order valence-corrected chi connectivity index (χ4v) is 2.16. The zero-order chi connectivity index (χ0) is 14.1. The van der Waals surface area contributed by atoms with Gasteiger partial charge in [-0.2, -0.15) is 0 Å². The molecular weight excluding hydrogens is 263 g/mol. The smallest absolute Gasteiger partial charge is 0.136 e. The number of benzene rings is 1. The second-order valence-corrected chi connectivity index (χ2v) is 7.00. The van der Waals surface area contributed by atoms with E-state index in [1.165, 1.54) is 6.92 Å². The first-order chi connectivity index (χ1) is 8.12. The van der Waals surface area contributed by atoms with Crippen LogP contribution in [-0.2, 0) is 11.4 Å². The minimum absolute atomic E-state index is 0.311. The lowest BCUT2D eigenvalue weighted by atomic mass is 10.1. The van der Waals surface area contributed by atoms with Crippen molar-refractivity contribution in [3.63, 3.8) is 0 Å². The highest BCUT2D eigenvalue weighted by molar-refractivity contribution is 7.90. The molecule has 0 saturated heterocycles. The fraction of sp³-hybridized carbons (Fsp3) is 0.500. The number of hydrogen-bond donors (Lipinski definition) is 1. The molecular formula is C12H16F3NOS. The van der Waals surface area contributed by atoms with Gasteiger partial charge < -0.3 is 4.55 Å². The van der Waals surface area contributed by atoms with E-state index in [0.717, 1.165) is 0 Å². The zero-order valence-corrected chi connectivity index (χ0v) is 11.5. The Balaban J connectivity index is 2.95. The molecule has 0 aliphatic rings. The van der Waals surface area contributed by atoms with E-state index in [4.69, 9.17) is 0 Å². The summed E-state index contributed by atoms with van der Waals surface area (Å²) in [5.74, 6) is -2.95. The third-order valence-corrected chi connectivity index (χ3v) is 4.00. The van der Waals surface area contributed by atoms with E-state index in [2.05, 4.69) is 4.72 Å². The molecule has 1 aromatic rings. The van der Waals surface area contributed by atoms with Gasteiger partial charge in [0, 0.05) is 29.1 Å². The maximum Gasteiger partial charge on any atom is 0.136 e. The average molecular weight is 279 g/mol. The minimum Gasteiger partial charge on any atom is -0.598 e. The van der Waals surface area contributed by atoms with Crippen LogP contribution in [0, 0.1) is 17.5 Å². The molecule has 0 unspecified atom stereocenters. The monoisotopic (exact) mass is 279 g/mol. The average Bonchev–Trinajstić information content (AvgIpc) is 2.13. The summed E-state index contributed by atoms with van der Waals surface area (Å²) in [5.41, 5.74) is -0.311. The quantitative estimate of drug-likeness (QED) is 0.862. The summed E-state index contributed by atoms with van der Waals surface area (Å²) in [5, 5.41) is 0. The van der Waals surface area contributed by atoms with Gasteiger partial charge in [-0.3, -0.25) is 0 Å². The molecule has 6 heteroatoms. The van der Waals surface area contributed by atoms with Crippen molar-refractivity contribution in [1.82, 2.24) is 4.72 Å². The van der Waals surface area contributed by atoms with E-state index in [1.54, 1.807) is 20.8 Å². The summed E-state index contributed by atoms with van der Waals surface area (Å²) >= 11 is -1.47. The van der Waals surface area contributed by atoms with Crippen LogP contribution < -0.4 is 4.72 Å². The van der Waals surface area contributed by atoms with Crippen LogP contribution in [0.5, 0.6) is 0 Å². The molecule has 0 aliphatic carbocycles. The van der Waals surface area contributed by atoms with Gasteiger partial charge in [-0.25, -0.2) is 13.2 Å². The second-order valence-electron chi connectivity index (χ2n) is 5.00. The lowest BCUT2D eigenvalue weighted by molar-refractivity contribution is 0.489. The molecule has 0 aliphatic heterocycles. The van der Waals surface area contributed by atoms with E-state index < -0.39 is 39.6 Å². The van der Waals surface area contributed by atoms with Crippen molar-refractivity contribution in [3.05, 3.63) is 35.1 Å². The van der Waals surface area contributed by atoms with Gasteiger partial charge in [0.05, 0.1) is 6.04 Å². The predicted octanol–water partition coefficient (Wildman–Crippen LogP) is 3.22. The molecule has 0 fully saturated rings. The van der Waals surface area contributed by atoms with Crippen molar-refractivity contribution in [3.8, 4) is 0 Å². The van der Waals surface area contributed by atoms with Crippen LogP contribution in [0.1, 0.15) is 39.3 Å². The third-order valence-electron chi connectivity index (χ3n) is 2.32. The van der Waals surface area contributed by atoms with Crippen molar-refractivity contribution in [2.75, 3.05) is 0 Å². The van der Waals surface area contributed by atoms with Crippen molar-refractivity contribution < 1.29 is 17.7 Å². The summed E-state index contributed by atoms with van der Waals surface area (Å²) < 4.78 is 53.6. The molecule has 0 amide bonds. The first-order valence-corrected chi connectivity index (χ1v) is 6.60. The highest BCUT2D eigenvalue weighted by Crippen LogP contribution is 2.24. The van der Waals surface area contributed by atoms with Gasteiger partial charge in [0.2, 0.25) is 0 Å². The predicted molar refractivity (Wildman–Crippen MR) is 65.8 cm³/mol. The van der Waals surface area contributed by atoms with Crippen LogP contribution in [0.4, 0.5) is 13.2 Å². The van der Waals surface area contributed by atoms with Crippen molar-refractivity contribution in [2.24, 2.45) is 0 Å². The Bertz CT molecular complexity index is 411. The summed E-state index contributed by atoms with van der Waals surface area (Å²) in [6.45, 7) is 6.68. The summed E-state index contributed by atoms with van der Waals surface area (Å²) in [6, 6.07) is 0.401. The van der Waals surface area contributed by atoms with Gasteiger partial charge in [0.15, 0.2) is 0 Å². The summed E-state index contributed by atoms with van der Waals surface area (Å²) in [7, 11) is 0. The minimum atomic E-state index is -1.47. The van der Waals surface area contributed by atoms with E-state index in [9.17, 15) is 17.7 Å². The SMILES string of the molecule is C[C@H](N[S@@+]([O-])C(C)(C)C)c1c(F)cc(F)cc1F. The van der Waals surface area contributed by atoms with Crippen molar-refractivity contribution in [2.45, 2.75) is 38.5 Å². The molecule has 0 aromatic heterocycles. The molecule has 0 spiro atoms. The third kappa shape index (κ3) is 3.63. The van der Waals surface area contributed by atoms with Gasteiger partial charge in [0.1, 0.15) is 22.2 Å². The zero-order valence-electron chi connectivity index (χ0n) is 10.7. The molecule has 1 rings (SSSR count). The standard InChI is InChI=1S/C12H16F3NOS/c1-7(16-18(17)12(2,3)4)11-9(14)5-8(13)6-10(11)15/h5-7,16H,1-4H3/t7-,18-/m0/s1. The van der Waals surface area contributed by atoms with Gasteiger partial charge in [0.25, 0.3) is 0 Å². The maximum atomic E-state index is 13.5. The van der Waals surface area contributed by atoms with Gasteiger partial charge in [-0.05, 0) is 27.7 Å². The summed E-state index contributed by atoms with van der Waals surface area (Å²) in [6.07, 6.45) is 0. The Labute approximate surface area is 108 Å². The van der Waals surface area contributed by atoms with E-state index in [1.807, 2.05) is 0 Å². The first-order valence-electron chi connectivity index (χ1n) is 5.45. The fourth-order valence-electron chi connectivity index (χ4n) is 1.36. The molecule has 0 heterocycles. The number of hydrogen-bond acceptors (Lipinski definition) is 2. The van der Waals surface area contributed by atoms with Crippen LogP contribution in [0.15, 0.2) is 12.1 Å². The Hall–Kier alpha value is -0.720. The molecule has 0 saturated carbocycles. The largest absolute Gasteiger partial charge is 0.598 e. The van der Waals surface area contributed by atoms with E-state index in [-0.39, 0.29) is 5.56 Å². The second kappa shape index (κ2) is 5.50. The highest BCUT2D eigenvalue weighted by Gasteiger charge is 2.30. The molecule has 1 N–H and O–H groups in total. The Morgan fingerprint density at radius 1 is 1.17 bits per heavy atom. The van der Waals surface area contributed by atoms with E-state index >= 15 is 0 Å². The molecule has 2 atom stereocenters.